The van der Waals surface area contributed by atoms with Crippen LogP contribution in [0.3, 0.4) is 0 Å². The minimum absolute atomic E-state index is 0.00595. The van der Waals surface area contributed by atoms with Gasteiger partial charge in [0, 0.05) is 11.9 Å². The number of hydrogen-bond donors (Lipinski definition) is 0. The molecule has 1 aromatic heterocycles. The van der Waals surface area contributed by atoms with Crippen molar-refractivity contribution < 1.29 is 18.7 Å². The molecule has 0 fully saturated rings. The SMILES string of the molecule is COC(=O)c1cc(CN(C)C(=O)CSc2ccc(C(C)(C)C)cc2)oc1C. The van der Waals surface area contributed by atoms with Crippen LogP contribution in [0.1, 0.15) is 48.2 Å². The average molecular weight is 390 g/mol. The lowest BCUT2D eigenvalue weighted by Crippen LogP contribution is -2.27. The van der Waals surface area contributed by atoms with Gasteiger partial charge in [0.1, 0.15) is 17.1 Å². The highest BCUT2D eigenvalue weighted by Crippen LogP contribution is 2.26. The molecule has 0 N–H and O–H groups in total. The first-order valence-electron chi connectivity index (χ1n) is 8.76. The normalized spacial score (nSPS) is 11.3. The van der Waals surface area contributed by atoms with Gasteiger partial charge in [0.2, 0.25) is 5.91 Å². The van der Waals surface area contributed by atoms with E-state index in [2.05, 4.69) is 45.0 Å². The smallest absolute Gasteiger partial charge is 0.341 e. The average Bonchev–Trinajstić information content (AvgIpc) is 2.98. The molecule has 2 aromatic rings. The van der Waals surface area contributed by atoms with Gasteiger partial charge in [-0.3, -0.25) is 4.79 Å². The van der Waals surface area contributed by atoms with Crippen LogP contribution in [0.2, 0.25) is 0 Å². The number of carbonyl (C=O) groups is 2. The van der Waals surface area contributed by atoms with Crippen molar-refractivity contribution in [2.24, 2.45) is 0 Å². The zero-order valence-corrected chi connectivity index (χ0v) is 17.6. The van der Waals surface area contributed by atoms with Crippen LogP contribution in [-0.2, 0) is 21.5 Å². The molecule has 0 unspecified atom stereocenters. The van der Waals surface area contributed by atoms with E-state index in [0.29, 0.717) is 29.4 Å². The summed E-state index contributed by atoms with van der Waals surface area (Å²) >= 11 is 1.51. The zero-order chi connectivity index (χ0) is 20.2. The van der Waals surface area contributed by atoms with Gasteiger partial charge in [0.05, 0.1) is 19.4 Å². The highest BCUT2D eigenvalue weighted by atomic mass is 32.2. The van der Waals surface area contributed by atoms with E-state index in [1.54, 1.807) is 24.9 Å². The summed E-state index contributed by atoms with van der Waals surface area (Å²) in [7, 11) is 3.05. The van der Waals surface area contributed by atoms with E-state index in [-0.39, 0.29) is 11.3 Å². The second kappa shape index (κ2) is 8.65. The van der Waals surface area contributed by atoms with Crippen LogP contribution < -0.4 is 0 Å². The molecular weight excluding hydrogens is 362 g/mol. The quantitative estimate of drug-likeness (QED) is 0.540. The zero-order valence-electron chi connectivity index (χ0n) is 16.8. The molecule has 0 saturated heterocycles. The van der Waals surface area contributed by atoms with E-state index in [1.807, 2.05) is 0 Å². The van der Waals surface area contributed by atoms with E-state index >= 15 is 0 Å². The van der Waals surface area contributed by atoms with E-state index in [0.717, 1.165) is 4.90 Å². The van der Waals surface area contributed by atoms with Crippen molar-refractivity contribution >= 4 is 23.6 Å². The maximum atomic E-state index is 12.4. The van der Waals surface area contributed by atoms with Gasteiger partial charge in [0.15, 0.2) is 0 Å². The van der Waals surface area contributed by atoms with Crippen LogP contribution in [-0.4, -0.2) is 36.7 Å². The highest BCUT2D eigenvalue weighted by Gasteiger charge is 2.18. The molecule has 146 valence electrons. The first kappa shape index (κ1) is 21.1. The summed E-state index contributed by atoms with van der Waals surface area (Å²) in [5.41, 5.74) is 1.77. The molecule has 6 heteroatoms. The van der Waals surface area contributed by atoms with Crippen molar-refractivity contribution in [2.45, 2.75) is 44.6 Å². The van der Waals surface area contributed by atoms with Gasteiger partial charge in [0.25, 0.3) is 0 Å². The number of rotatable bonds is 6. The topological polar surface area (TPSA) is 59.8 Å². The number of hydrogen-bond acceptors (Lipinski definition) is 5. The lowest BCUT2D eigenvalue weighted by Gasteiger charge is -2.19. The van der Waals surface area contributed by atoms with E-state index in [9.17, 15) is 9.59 Å². The minimum Gasteiger partial charge on any atom is -0.465 e. The molecule has 0 saturated carbocycles. The van der Waals surface area contributed by atoms with Crippen molar-refractivity contribution in [3.8, 4) is 0 Å². The standard InChI is InChI=1S/C21H27NO4S/c1-14-18(20(24)25-6)11-16(26-14)12-22(5)19(23)13-27-17-9-7-15(8-10-17)21(2,3)4/h7-11H,12-13H2,1-6H3. The summed E-state index contributed by atoms with van der Waals surface area (Å²) in [5.74, 6) is 0.947. The molecule has 0 aliphatic rings. The van der Waals surface area contributed by atoms with Crippen molar-refractivity contribution in [1.82, 2.24) is 4.90 Å². The van der Waals surface area contributed by atoms with E-state index in [1.165, 1.54) is 24.4 Å². The fraction of sp³-hybridized carbons (Fsp3) is 0.429. The Balaban J connectivity index is 1.91. The Morgan fingerprint density at radius 1 is 1.19 bits per heavy atom. The van der Waals surface area contributed by atoms with Crippen LogP contribution in [0.15, 0.2) is 39.6 Å². The van der Waals surface area contributed by atoms with Crippen LogP contribution in [0, 0.1) is 6.92 Å². The number of esters is 1. The van der Waals surface area contributed by atoms with Gasteiger partial charge in [-0.2, -0.15) is 0 Å². The Morgan fingerprint density at radius 2 is 1.81 bits per heavy atom. The largest absolute Gasteiger partial charge is 0.465 e. The predicted molar refractivity (Wildman–Crippen MR) is 107 cm³/mol. The van der Waals surface area contributed by atoms with Crippen molar-refractivity contribution in [3.05, 3.63) is 53.0 Å². The molecule has 0 bridgehead atoms. The number of aryl methyl sites for hydroxylation is 1. The lowest BCUT2D eigenvalue weighted by atomic mass is 9.87. The molecule has 0 aliphatic carbocycles. The third-order valence-corrected chi connectivity index (χ3v) is 5.27. The molecule has 5 nitrogen and oxygen atoms in total. The minimum atomic E-state index is -0.439. The fourth-order valence-corrected chi connectivity index (χ4v) is 3.40. The maximum Gasteiger partial charge on any atom is 0.341 e. The Bertz CT molecular complexity index is 803. The van der Waals surface area contributed by atoms with Crippen LogP contribution in [0.5, 0.6) is 0 Å². The molecule has 0 atom stereocenters. The number of nitrogens with zero attached hydrogens (tertiary/aromatic N) is 1. The summed E-state index contributed by atoms with van der Waals surface area (Å²) in [6.07, 6.45) is 0. The molecule has 0 aliphatic heterocycles. The van der Waals surface area contributed by atoms with Crippen LogP contribution >= 0.6 is 11.8 Å². The molecule has 0 radical (unpaired) electrons. The number of furan rings is 1. The third-order valence-electron chi connectivity index (χ3n) is 4.28. The molecule has 1 heterocycles. The maximum absolute atomic E-state index is 12.4. The summed E-state index contributed by atoms with van der Waals surface area (Å²) < 4.78 is 10.3. The van der Waals surface area contributed by atoms with Gasteiger partial charge in [-0.05, 0) is 36.1 Å². The van der Waals surface area contributed by atoms with Gasteiger partial charge in [-0.25, -0.2) is 4.79 Å². The number of thioether (sulfide) groups is 1. The van der Waals surface area contributed by atoms with Crippen molar-refractivity contribution in [1.29, 1.82) is 0 Å². The van der Waals surface area contributed by atoms with E-state index in [4.69, 9.17) is 9.15 Å². The Hall–Kier alpha value is -2.21. The van der Waals surface area contributed by atoms with Crippen LogP contribution in [0.4, 0.5) is 0 Å². The highest BCUT2D eigenvalue weighted by molar-refractivity contribution is 8.00. The number of benzene rings is 1. The number of methoxy groups -OCH3 is 1. The molecule has 2 rings (SSSR count). The van der Waals surface area contributed by atoms with E-state index < -0.39 is 5.97 Å². The molecule has 27 heavy (non-hydrogen) atoms. The summed E-state index contributed by atoms with van der Waals surface area (Å²) in [5, 5.41) is 0. The molecular formula is C21H27NO4S. The van der Waals surface area contributed by atoms with Crippen molar-refractivity contribution in [3.63, 3.8) is 0 Å². The molecule has 1 amide bonds. The van der Waals surface area contributed by atoms with Gasteiger partial charge < -0.3 is 14.1 Å². The number of ether oxygens (including phenoxy) is 1. The van der Waals surface area contributed by atoms with Crippen molar-refractivity contribution in [2.75, 3.05) is 19.9 Å². The first-order valence-corrected chi connectivity index (χ1v) is 9.75. The van der Waals surface area contributed by atoms with Gasteiger partial charge >= 0.3 is 5.97 Å². The van der Waals surface area contributed by atoms with Crippen LogP contribution in [0.25, 0.3) is 0 Å². The Kier molecular flexibility index (Phi) is 6.76. The van der Waals surface area contributed by atoms with Gasteiger partial charge in [-0.15, -0.1) is 11.8 Å². The first-order chi connectivity index (χ1) is 12.6. The second-order valence-corrected chi connectivity index (χ2v) is 8.54. The summed E-state index contributed by atoms with van der Waals surface area (Å²) in [4.78, 5) is 26.7. The number of carbonyl (C=O) groups excluding carboxylic acids is 2. The summed E-state index contributed by atoms with van der Waals surface area (Å²) in [6, 6.07) is 9.95. The Labute approximate surface area is 165 Å². The Morgan fingerprint density at radius 3 is 2.37 bits per heavy atom. The second-order valence-electron chi connectivity index (χ2n) is 7.49. The fourth-order valence-electron chi connectivity index (χ4n) is 2.56. The lowest BCUT2D eigenvalue weighted by molar-refractivity contribution is -0.127. The third kappa shape index (κ3) is 5.63. The number of amides is 1. The van der Waals surface area contributed by atoms with Gasteiger partial charge in [-0.1, -0.05) is 32.9 Å². The molecule has 1 aromatic carbocycles. The molecule has 0 spiro atoms. The summed E-state index contributed by atoms with van der Waals surface area (Å²) in [6.45, 7) is 8.54. The monoisotopic (exact) mass is 389 g/mol. The predicted octanol–water partition coefficient (Wildman–Crippen LogP) is 4.42.